The molecule has 1 atom stereocenters. The van der Waals surface area contributed by atoms with Gasteiger partial charge in [-0.2, -0.15) is 5.10 Å². The van der Waals surface area contributed by atoms with Crippen molar-refractivity contribution in [3.8, 4) is 0 Å². The molecule has 0 unspecified atom stereocenters. The van der Waals surface area contributed by atoms with Crippen molar-refractivity contribution in [2.45, 2.75) is 58.0 Å². The van der Waals surface area contributed by atoms with Crippen molar-refractivity contribution in [2.75, 3.05) is 13.1 Å². The maximum Gasteiger partial charge on any atom is 0.257 e. The van der Waals surface area contributed by atoms with Crippen molar-refractivity contribution < 1.29 is 14.3 Å². The van der Waals surface area contributed by atoms with Crippen LogP contribution in [0.15, 0.2) is 10.5 Å². The summed E-state index contributed by atoms with van der Waals surface area (Å²) in [7, 11) is 0. The van der Waals surface area contributed by atoms with Gasteiger partial charge in [-0.1, -0.05) is 0 Å². The molecule has 0 spiro atoms. The number of aromatic nitrogens is 2. The van der Waals surface area contributed by atoms with Gasteiger partial charge in [0.2, 0.25) is 0 Å². The average molecular weight is 343 g/mol. The Bertz CT molecular complexity index is 777. The molecular formula is C19H25N3O3. The molecule has 4 rings (SSSR count). The summed E-state index contributed by atoms with van der Waals surface area (Å²) in [5, 5.41) is 16.4. The molecule has 2 aliphatic rings. The number of aliphatic hydroxyl groups is 1. The molecule has 25 heavy (non-hydrogen) atoms. The van der Waals surface area contributed by atoms with Gasteiger partial charge in [-0.15, -0.1) is 0 Å². The van der Waals surface area contributed by atoms with Crippen LogP contribution in [0.1, 0.15) is 70.4 Å². The molecule has 0 bridgehead atoms. The summed E-state index contributed by atoms with van der Waals surface area (Å²) in [6, 6.07) is 1.91. The Labute approximate surface area is 147 Å². The molecule has 0 radical (unpaired) electrons. The minimum atomic E-state index is -0.0390. The van der Waals surface area contributed by atoms with Gasteiger partial charge in [0.1, 0.15) is 11.5 Å². The van der Waals surface area contributed by atoms with Crippen LogP contribution < -0.4 is 0 Å². The molecule has 134 valence electrons. The first-order chi connectivity index (χ1) is 12.2. The lowest BCUT2D eigenvalue weighted by molar-refractivity contribution is 0.0703. The largest absolute Gasteiger partial charge is 0.465 e. The standard InChI is InChI=1S/C19H25N3O3/c1-12-18(15-6-2-3-7-17(15)25-12)19(24)22-8-4-5-13(10-22)16-9-14(11-23)20-21-16/h9,13,23H,2-8,10-11H2,1H3,(H,20,21)/t13-/m1/s1. The van der Waals surface area contributed by atoms with Gasteiger partial charge >= 0.3 is 0 Å². The summed E-state index contributed by atoms with van der Waals surface area (Å²) in [6.45, 7) is 3.33. The number of aryl methyl sites for hydroxylation is 2. The number of nitrogens with one attached hydrogen (secondary N) is 1. The summed E-state index contributed by atoms with van der Waals surface area (Å²) in [4.78, 5) is 15.1. The van der Waals surface area contributed by atoms with Crippen molar-refractivity contribution in [3.05, 3.63) is 40.1 Å². The highest BCUT2D eigenvalue weighted by Crippen LogP contribution is 2.32. The van der Waals surface area contributed by atoms with Crippen LogP contribution in [0.2, 0.25) is 0 Å². The zero-order valence-corrected chi connectivity index (χ0v) is 14.7. The van der Waals surface area contributed by atoms with E-state index >= 15 is 0 Å². The minimum Gasteiger partial charge on any atom is -0.465 e. The van der Waals surface area contributed by atoms with E-state index in [4.69, 9.17) is 4.42 Å². The number of hydrogen-bond donors (Lipinski definition) is 2. The third-order valence-corrected chi connectivity index (χ3v) is 5.51. The van der Waals surface area contributed by atoms with Crippen LogP contribution >= 0.6 is 0 Å². The molecule has 2 N–H and O–H groups in total. The summed E-state index contributed by atoms with van der Waals surface area (Å²) in [5.41, 5.74) is 3.59. The number of carbonyl (C=O) groups is 1. The van der Waals surface area contributed by atoms with E-state index in [2.05, 4.69) is 10.2 Å². The monoisotopic (exact) mass is 343 g/mol. The highest BCUT2D eigenvalue weighted by molar-refractivity contribution is 5.97. The van der Waals surface area contributed by atoms with E-state index in [-0.39, 0.29) is 18.4 Å². The molecule has 0 saturated carbocycles. The first-order valence-electron chi connectivity index (χ1n) is 9.23. The van der Waals surface area contributed by atoms with Crippen molar-refractivity contribution in [1.82, 2.24) is 15.1 Å². The van der Waals surface area contributed by atoms with Crippen LogP contribution in [0.25, 0.3) is 0 Å². The molecule has 1 saturated heterocycles. The summed E-state index contributed by atoms with van der Waals surface area (Å²) in [5.74, 6) is 2.10. The van der Waals surface area contributed by atoms with Crippen molar-refractivity contribution in [2.24, 2.45) is 0 Å². The molecule has 1 aliphatic carbocycles. The number of likely N-dealkylation sites (tertiary alicyclic amines) is 1. The van der Waals surface area contributed by atoms with Crippen LogP contribution in [0.4, 0.5) is 0 Å². The Morgan fingerprint density at radius 1 is 1.40 bits per heavy atom. The molecule has 1 aliphatic heterocycles. The lowest BCUT2D eigenvalue weighted by atomic mass is 9.92. The molecule has 6 heteroatoms. The van der Waals surface area contributed by atoms with Gasteiger partial charge in [-0.25, -0.2) is 0 Å². The first-order valence-corrected chi connectivity index (χ1v) is 9.23. The maximum absolute atomic E-state index is 13.2. The number of fused-ring (bicyclic) bond motifs is 1. The number of amides is 1. The van der Waals surface area contributed by atoms with Gasteiger partial charge in [-0.3, -0.25) is 9.89 Å². The highest BCUT2D eigenvalue weighted by atomic mass is 16.3. The summed E-state index contributed by atoms with van der Waals surface area (Å²) in [6.07, 6.45) is 6.16. The SMILES string of the molecule is Cc1oc2c(c1C(=O)N1CCC[C@@H](c3cc(CO)[nH]n3)C1)CCCC2. The molecule has 1 fully saturated rings. The zero-order chi connectivity index (χ0) is 17.4. The molecule has 3 heterocycles. The molecule has 0 aromatic carbocycles. The Hall–Kier alpha value is -2.08. The van der Waals surface area contributed by atoms with E-state index in [9.17, 15) is 9.90 Å². The number of aromatic amines is 1. The van der Waals surface area contributed by atoms with Crippen LogP contribution in [0, 0.1) is 6.92 Å². The second-order valence-electron chi connectivity index (χ2n) is 7.21. The Morgan fingerprint density at radius 3 is 3.04 bits per heavy atom. The van der Waals surface area contributed by atoms with Crippen LogP contribution in [0.3, 0.4) is 0 Å². The third kappa shape index (κ3) is 2.99. The number of hydrogen-bond acceptors (Lipinski definition) is 4. The number of H-pyrrole nitrogens is 1. The topological polar surface area (TPSA) is 82.4 Å². The molecule has 1 amide bonds. The Morgan fingerprint density at radius 2 is 2.24 bits per heavy atom. The number of carbonyl (C=O) groups excluding carboxylic acids is 1. The van der Waals surface area contributed by atoms with Gasteiger partial charge in [0.25, 0.3) is 5.91 Å². The highest BCUT2D eigenvalue weighted by Gasteiger charge is 2.32. The number of piperidine rings is 1. The van der Waals surface area contributed by atoms with E-state index in [1.807, 2.05) is 17.9 Å². The van der Waals surface area contributed by atoms with Gasteiger partial charge in [0.05, 0.1) is 23.6 Å². The normalized spacial score (nSPS) is 20.6. The second kappa shape index (κ2) is 6.67. The zero-order valence-electron chi connectivity index (χ0n) is 14.7. The molecule has 2 aromatic heterocycles. The van der Waals surface area contributed by atoms with Crippen molar-refractivity contribution >= 4 is 5.91 Å². The van der Waals surface area contributed by atoms with E-state index in [0.717, 1.165) is 79.1 Å². The van der Waals surface area contributed by atoms with Crippen LogP contribution in [-0.4, -0.2) is 39.2 Å². The lowest BCUT2D eigenvalue weighted by Gasteiger charge is -2.32. The lowest BCUT2D eigenvalue weighted by Crippen LogP contribution is -2.39. The maximum atomic E-state index is 13.2. The van der Waals surface area contributed by atoms with E-state index in [0.29, 0.717) is 6.54 Å². The number of furan rings is 1. The summed E-state index contributed by atoms with van der Waals surface area (Å²) >= 11 is 0. The number of nitrogens with zero attached hydrogens (tertiary/aromatic N) is 2. The van der Waals surface area contributed by atoms with E-state index < -0.39 is 0 Å². The second-order valence-corrected chi connectivity index (χ2v) is 7.21. The van der Waals surface area contributed by atoms with E-state index in [1.54, 1.807) is 0 Å². The molecular weight excluding hydrogens is 318 g/mol. The van der Waals surface area contributed by atoms with Gasteiger partial charge in [0.15, 0.2) is 0 Å². The molecule has 2 aromatic rings. The first kappa shape index (κ1) is 16.4. The van der Waals surface area contributed by atoms with Gasteiger partial charge in [-0.05, 0) is 45.1 Å². The van der Waals surface area contributed by atoms with Crippen LogP contribution in [-0.2, 0) is 19.4 Å². The molecule has 6 nitrogen and oxygen atoms in total. The van der Waals surface area contributed by atoms with Crippen molar-refractivity contribution in [3.63, 3.8) is 0 Å². The fourth-order valence-corrected chi connectivity index (χ4v) is 4.21. The Kier molecular flexibility index (Phi) is 4.37. The number of aliphatic hydroxyl groups excluding tert-OH is 1. The van der Waals surface area contributed by atoms with Crippen molar-refractivity contribution in [1.29, 1.82) is 0 Å². The average Bonchev–Trinajstić information content (AvgIpc) is 3.25. The quantitative estimate of drug-likeness (QED) is 0.898. The van der Waals surface area contributed by atoms with Crippen LogP contribution in [0.5, 0.6) is 0 Å². The summed E-state index contributed by atoms with van der Waals surface area (Å²) < 4.78 is 5.89. The smallest absolute Gasteiger partial charge is 0.257 e. The fraction of sp³-hybridized carbons (Fsp3) is 0.579. The number of rotatable bonds is 3. The van der Waals surface area contributed by atoms with Gasteiger partial charge in [0, 0.05) is 31.0 Å². The predicted octanol–water partition coefficient (Wildman–Crippen LogP) is 2.70. The van der Waals surface area contributed by atoms with E-state index in [1.165, 1.54) is 0 Å². The Balaban J connectivity index is 1.55. The predicted molar refractivity (Wildman–Crippen MR) is 92.5 cm³/mol. The third-order valence-electron chi connectivity index (χ3n) is 5.51. The van der Waals surface area contributed by atoms with Gasteiger partial charge < -0.3 is 14.4 Å². The fourth-order valence-electron chi connectivity index (χ4n) is 4.21. The minimum absolute atomic E-state index is 0.0390.